The van der Waals surface area contributed by atoms with Gasteiger partial charge in [-0.3, -0.25) is 14.9 Å². The maximum Gasteiger partial charge on any atom is 0.270 e. The molecule has 1 amide bonds. The van der Waals surface area contributed by atoms with Crippen LogP contribution in [0.5, 0.6) is 0 Å². The lowest BCUT2D eigenvalue weighted by Crippen LogP contribution is -2.35. The molecule has 0 bridgehead atoms. The van der Waals surface area contributed by atoms with Crippen molar-refractivity contribution < 1.29 is 14.2 Å². The van der Waals surface area contributed by atoms with Crippen molar-refractivity contribution in [2.45, 2.75) is 19.4 Å². The smallest absolute Gasteiger partial charge is 0.270 e. The number of amides is 1. The Morgan fingerprint density at radius 1 is 1.03 bits per heavy atom. The zero-order chi connectivity index (χ0) is 23.2. The van der Waals surface area contributed by atoms with Gasteiger partial charge in [0.15, 0.2) is 0 Å². The minimum Gasteiger partial charge on any atom is -0.339 e. The molecule has 1 aromatic heterocycles. The number of nitrogens with zero attached hydrogens (tertiary/aromatic N) is 4. The molecule has 0 fully saturated rings. The molecule has 0 unspecified atom stereocenters. The van der Waals surface area contributed by atoms with Gasteiger partial charge in [0.2, 0.25) is 11.7 Å². The highest BCUT2D eigenvalue weighted by molar-refractivity contribution is 5.94. The average Bonchev–Trinajstić information content (AvgIpc) is 3.34. The molecule has 0 N–H and O–H groups in total. The molecule has 0 aliphatic heterocycles. The van der Waals surface area contributed by atoms with Crippen molar-refractivity contribution in [2.24, 2.45) is 0 Å². The highest BCUT2D eigenvalue weighted by Gasteiger charge is 2.23. The Balaban J connectivity index is 1.54. The molecule has 4 aromatic rings. The third-order valence-corrected chi connectivity index (χ3v) is 5.38. The second-order valence-electron chi connectivity index (χ2n) is 7.52. The van der Waals surface area contributed by atoms with E-state index in [4.69, 9.17) is 4.52 Å². The Labute approximate surface area is 190 Å². The number of hydrogen-bond acceptors (Lipinski definition) is 6. The van der Waals surface area contributed by atoms with Crippen LogP contribution in [0.3, 0.4) is 0 Å². The molecular formula is C25H22N4O4. The quantitative estimate of drug-likeness (QED) is 0.278. The van der Waals surface area contributed by atoms with Crippen LogP contribution >= 0.6 is 0 Å². The fourth-order valence-electron chi connectivity index (χ4n) is 3.58. The van der Waals surface area contributed by atoms with Gasteiger partial charge in [-0.15, -0.1) is 0 Å². The molecule has 1 heterocycles. The van der Waals surface area contributed by atoms with Gasteiger partial charge in [0.1, 0.15) is 0 Å². The van der Waals surface area contributed by atoms with Crippen molar-refractivity contribution in [1.82, 2.24) is 15.0 Å². The predicted octanol–water partition coefficient (Wildman–Crippen LogP) is 5.09. The summed E-state index contributed by atoms with van der Waals surface area (Å²) in [6.45, 7) is 2.35. The van der Waals surface area contributed by atoms with Gasteiger partial charge in [0.05, 0.1) is 11.0 Å². The van der Waals surface area contributed by atoms with E-state index in [0.29, 0.717) is 30.0 Å². The highest BCUT2D eigenvalue weighted by Crippen LogP contribution is 2.24. The molecule has 0 aliphatic rings. The molecule has 0 radical (unpaired) electrons. The van der Waals surface area contributed by atoms with Crippen molar-refractivity contribution in [3.63, 3.8) is 0 Å². The van der Waals surface area contributed by atoms with Crippen molar-refractivity contribution in [3.8, 4) is 11.4 Å². The third kappa shape index (κ3) is 5.12. The van der Waals surface area contributed by atoms with E-state index >= 15 is 0 Å². The Bertz CT molecular complexity index is 1240. The van der Waals surface area contributed by atoms with Crippen LogP contribution in [0.15, 0.2) is 89.5 Å². The second-order valence-corrected chi connectivity index (χ2v) is 7.52. The molecule has 8 nitrogen and oxygen atoms in total. The summed E-state index contributed by atoms with van der Waals surface area (Å²) in [6, 6.07) is 24.8. The van der Waals surface area contributed by atoms with E-state index in [1.54, 1.807) is 29.2 Å². The lowest BCUT2D eigenvalue weighted by atomic mass is 10.1. The lowest BCUT2D eigenvalue weighted by Gasteiger charge is -2.29. The predicted molar refractivity (Wildman–Crippen MR) is 122 cm³/mol. The fourth-order valence-corrected chi connectivity index (χ4v) is 3.58. The molecule has 8 heteroatoms. The van der Waals surface area contributed by atoms with Crippen LogP contribution in [0.4, 0.5) is 5.69 Å². The molecule has 33 heavy (non-hydrogen) atoms. The number of rotatable bonds is 8. The van der Waals surface area contributed by atoms with Crippen molar-refractivity contribution in [1.29, 1.82) is 0 Å². The summed E-state index contributed by atoms with van der Waals surface area (Å²) >= 11 is 0. The van der Waals surface area contributed by atoms with Gasteiger partial charge in [-0.05, 0) is 24.6 Å². The van der Waals surface area contributed by atoms with E-state index in [2.05, 4.69) is 10.1 Å². The first-order chi connectivity index (χ1) is 16.0. The summed E-state index contributed by atoms with van der Waals surface area (Å²) in [5.41, 5.74) is 2.07. The van der Waals surface area contributed by atoms with Crippen molar-refractivity contribution in [3.05, 3.63) is 112 Å². The fraction of sp³-hybridized carbons (Fsp3) is 0.160. The van der Waals surface area contributed by atoms with Gasteiger partial charge in [-0.2, -0.15) is 4.98 Å². The first kappa shape index (κ1) is 21.9. The Morgan fingerprint density at radius 2 is 1.73 bits per heavy atom. The largest absolute Gasteiger partial charge is 0.339 e. The molecular weight excluding hydrogens is 420 g/mol. The third-order valence-electron chi connectivity index (χ3n) is 5.38. The normalized spacial score (nSPS) is 11.7. The molecule has 166 valence electrons. The average molecular weight is 442 g/mol. The van der Waals surface area contributed by atoms with Crippen LogP contribution in [-0.2, 0) is 6.42 Å². The number of nitro groups is 1. The Hall–Kier alpha value is -4.33. The minimum absolute atomic E-state index is 0.0461. The van der Waals surface area contributed by atoms with E-state index in [0.717, 1.165) is 5.56 Å². The molecule has 0 saturated carbocycles. The molecule has 0 spiro atoms. The molecule has 3 aromatic carbocycles. The molecule has 1 atom stereocenters. The van der Waals surface area contributed by atoms with Crippen LogP contribution in [0.25, 0.3) is 11.4 Å². The summed E-state index contributed by atoms with van der Waals surface area (Å²) in [5, 5.41) is 15.0. The zero-order valence-electron chi connectivity index (χ0n) is 18.0. The van der Waals surface area contributed by atoms with Gasteiger partial charge in [0.25, 0.3) is 11.6 Å². The van der Waals surface area contributed by atoms with Gasteiger partial charge in [0, 0.05) is 36.2 Å². The second kappa shape index (κ2) is 9.86. The van der Waals surface area contributed by atoms with Crippen LogP contribution in [0, 0.1) is 10.1 Å². The molecule has 0 aliphatic carbocycles. The van der Waals surface area contributed by atoms with Crippen molar-refractivity contribution in [2.75, 3.05) is 6.54 Å². The number of non-ortho nitro benzene ring substituents is 1. The van der Waals surface area contributed by atoms with Crippen LogP contribution in [0.2, 0.25) is 0 Å². The maximum atomic E-state index is 13.3. The Kier molecular flexibility index (Phi) is 6.54. The number of aromatic nitrogens is 2. The van der Waals surface area contributed by atoms with Crippen LogP contribution < -0.4 is 0 Å². The summed E-state index contributed by atoms with van der Waals surface area (Å²) in [6.07, 6.45) is 0.345. The molecule has 0 saturated heterocycles. The summed E-state index contributed by atoms with van der Waals surface area (Å²) < 4.78 is 5.37. The zero-order valence-corrected chi connectivity index (χ0v) is 18.0. The van der Waals surface area contributed by atoms with Crippen LogP contribution in [-0.4, -0.2) is 32.4 Å². The number of benzene rings is 3. The van der Waals surface area contributed by atoms with Crippen molar-refractivity contribution >= 4 is 11.6 Å². The molecule has 4 rings (SSSR count). The number of nitro benzene ring substituents is 1. The van der Waals surface area contributed by atoms with Gasteiger partial charge >= 0.3 is 0 Å². The highest BCUT2D eigenvalue weighted by atomic mass is 16.6. The van der Waals surface area contributed by atoms with Gasteiger partial charge in [-0.25, -0.2) is 0 Å². The standard InChI is InChI=1S/C25H22N4O4/c1-18(19-9-4-2-5-10-19)28(25(30)20-11-6-3-7-12-20)16-15-23-26-24(27-33-23)21-13-8-14-22(17-21)29(31)32/h2-14,17-18H,15-16H2,1H3/t18-/m1/s1. The number of carbonyl (C=O) groups excluding carboxylic acids is 1. The lowest BCUT2D eigenvalue weighted by molar-refractivity contribution is -0.384. The monoisotopic (exact) mass is 442 g/mol. The first-order valence-electron chi connectivity index (χ1n) is 10.5. The van der Waals surface area contributed by atoms with E-state index in [9.17, 15) is 14.9 Å². The topological polar surface area (TPSA) is 102 Å². The van der Waals surface area contributed by atoms with E-state index in [1.807, 2.05) is 55.5 Å². The Morgan fingerprint density at radius 3 is 2.42 bits per heavy atom. The SMILES string of the molecule is C[C@H](c1ccccc1)N(CCc1nc(-c2cccc([N+](=O)[O-])c2)no1)C(=O)c1ccccc1. The maximum absolute atomic E-state index is 13.3. The number of hydrogen-bond donors (Lipinski definition) is 0. The first-order valence-corrected chi connectivity index (χ1v) is 10.5. The van der Waals surface area contributed by atoms with Gasteiger partial charge in [-0.1, -0.05) is 65.8 Å². The van der Waals surface area contributed by atoms with E-state index < -0.39 is 4.92 Å². The van der Waals surface area contributed by atoms with E-state index in [-0.39, 0.29) is 23.5 Å². The summed E-state index contributed by atoms with van der Waals surface area (Å²) in [5.74, 6) is 0.527. The summed E-state index contributed by atoms with van der Waals surface area (Å²) in [4.78, 5) is 30.0. The van der Waals surface area contributed by atoms with Crippen LogP contribution in [0.1, 0.15) is 34.8 Å². The van der Waals surface area contributed by atoms with E-state index in [1.165, 1.54) is 12.1 Å². The number of carbonyl (C=O) groups is 1. The van der Waals surface area contributed by atoms with Gasteiger partial charge < -0.3 is 9.42 Å². The minimum atomic E-state index is -0.470. The summed E-state index contributed by atoms with van der Waals surface area (Å²) in [7, 11) is 0.